The van der Waals surface area contributed by atoms with Crippen LogP contribution >= 0.6 is 0 Å². The number of aryl methyl sites for hydroxylation is 1. The van der Waals surface area contributed by atoms with Crippen LogP contribution in [0.15, 0.2) is 63.8 Å². The van der Waals surface area contributed by atoms with E-state index in [0.29, 0.717) is 16.7 Å². The Morgan fingerprint density at radius 3 is 2.50 bits per heavy atom. The van der Waals surface area contributed by atoms with Crippen molar-refractivity contribution in [2.24, 2.45) is 0 Å². The van der Waals surface area contributed by atoms with Gasteiger partial charge in [0.05, 0.1) is 16.8 Å². The minimum atomic E-state index is -0.679. The molecule has 0 radical (unpaired) electrons. The molecule has 2 aromatic carbocycles. The second-order valence-electron chi connectivity index (χ2n) is 5.93. The third kappa shape index (κ3) is 2.57. The third-order valence-electron chi connectivity index (χ3n) is 4.17. The number of para-hydroxylation sites is 1. The highest BCUT2D eigenvalue weighted by Gasteiger charge is 2.19. The average Bonchev–Trinajstić information content (AvgIpc) is 2.63. The summed E-state index contributed by atoms with van der Waals surface area (Å²) in [7, 11) is 0. The molecular formula is C20H15N3O3. The lowest BCUT2D eigenvalue weighted by Crippen LogP contribution is -2.07. The number of anilines is 1. The third-order valence-corrected chi connectivity index (χ3v) is 4.17. The van der Waals surface area contributed by atoms with Crippen molar-refractivity contribution in [1.29, 1.82) is 0 Å². The van der Waals surface area contributed by atoms with Gasteiger partial charge in [-0.2, -0.15) is 0 Å². The van der Waals surface area contributed by atoms with Crippen molar-refractivity contribution in [1.82, 2.24) is 9.97 Å². The predicted molar refractivity (Wildman–Crippen MR) is 99.8 cm³/mol. The molecular weight excluding hydrogens is 330 g/mol. The molecule has 6 nitrogen and oxygen atoms in total. The Labute approximate surface area is 148 Å². The van der Waals surface area contributed by atoms with Crippen LogP contribution in [-0.2, 0) is 0 Å². The van der Waals surface area contributed by atoms with Gasteiger partial charge in [-0.25, -0.2) is 14.8 Å². The Morgan fingerprint density at radius 1 is 1.00 bits per heavy atom. The molecule has 0 saturated heterocycles. The molecule has 0 atom stereocenters. The van der Waals surface area contributed by atoms with Gasteiger partial charge in [-0.05, 0) is 24.6 Å². The monoisotopic (exact) mass is 345 g/mol. The van der Waals surface area contributed by atoms with E-state index in [1.165, 1.54) is 0 Å². The topological polar surface area (TPSA) is 102 Å². The van der Waals surface area contributed by atoms with Gasteiger partial charge in [0.25, 0.3) is 0 Å². The van der Waals surface area contributed by atoms with Crippen LogP contribution in [0.5, 0.6) is 5.75 Å². The van der Waals surface area contributed by atoms with Crippen LogP contribution in [0.2, 0.25) is 0 Å². The molecule has 6 heteroatoms. The molecule has 3 N–H and O–H groups in total. The van der Waals surface area contributed by atoms with Crippen molar-refractivity contribution in [2.45, 2.75) is 6.92 Å². The summed E-state index contributed by atoms with van der Waals surface area (Å²) in [5, 5.41) is 11.1. The summed E-state index contributed by atoms with van der Waals surface area (Å²) >= 11 is 0. The molecule has 4 rings (SSSR count). The van der Waals surface area contributed by atoms with Crippen LogP contribution in [0.4, 0.5) is 5.95 Å². The predicted octanol–water partition coefficient (Wildman–Crippen LogP) is 3.51. The lowest BCUT2D eigenvalue weighted by molar-refractivity contribution is 0.470. The summed E-state index contributed by atoms with van der Waals surface area (Å²) in [6.07, 6.45) is 0. The van der Waals surface area contributed by atoms with Gasteiger partial charge < -0.3 is 15.3 Å². The van der Waals surface area contributed by atoms with Crippen molar-refractivity contribution in [2.75, 3.05) is 5.73 Å². The largest absolute Gasteiger partial charge is 0.506 e. The van der Waals surface area contributed by atoms with Crippen LogP contribution < -0.4 is 11.4 Å². The van der Waals surface area contributed by atoms with E-state index in [1.54, 1.807) is 31.2 Å². The van der Waals surface area contributed by atoms with Crippen LogP contribution in [0, 0.1) is 6.92 Å². The highest BCUT2D eigenvalue weighted by molar-refractivity contribution is 5.91. The zero-order valence-corrected chi connectivity index (χ0v) is 13.9. The van der Waals surface area contributed by atoms with E-state index in [9.17, 15) is 9.90 Å². The highest BCUT2D eigenvalue weighted by Crippen LogP contribution is 2.34. The number of aromatic hydroxyl groups is 1. The van der Waals surface area contributed by atoms with Crippen molar-refractivity contribution < 1.29 is 9.52 Å². The van der Waals surface area contributed by atoms with E-state index in [1.807, 2.05) is 30.3 Å². The first kappa shape index (κ1) is 15.8. The van der Waals surface area contributed by atoms with Gasteiger partial charge in [-0.15, -0.1) is 0 Å². The van der Waals surface area contributed by atoms with E-state index >= 15 is 0 Å². The maximum atomic E-state index is 12.5. The Morgan fingerprint density at radius 2 is 1.73 bits per heavy atom. The Kier molecular flexibility index (Phi) is 3.65. The molecule has 0 fully saturated rings. The van der Waals surface area contributed by atoms with Crippen LogP contribution in [0.3, 0.4) is 0 Å². The van der Waals surface area contributed by atoms with Gasteiger partial charge >= 0.3 is 5.63 Å². The summed E-state index contributed by atoms with van der Waals surface area (Å²) in [5.74, 6) is -0.179. The van der Waals surface area contributed by atoms with Crippen LogP contribution in [-0.4, -0.2) is 15.1 Å². The molecule has 128 valence electrons. The fourth-order valence-corrected chi connectivity index (χ4v) is 2.93. The number of nitrogens with zero attached hydrogens (tertiary/aromatic N) is 2. The van der Waals surface area contributed by atoms with E-state index in [4.69, 9.17) is 10.2 Å². The number of aromatic nitrogens is 2. The molecule has 0 bridgehead atoms. The maximum Gasteiger partial charge on any atom is 0.349 e. The summed E-state index contributed by atoms with van der Waals surface area (Å²) < 4.78 is 5.43. The molecule has 26 heavy (non-hydrogen) atoms. The van der Waals surface area contributed by atoms with Crippen molar-refractivity contribution in [3.05, 3.63) is 70.6 Å². The fraction of sp³-hybridized carbons (Fsp3) is 0.0500. The Balaban J connectivity index is 1.99. The smallest absolute Gasteiger partial charge is 0.349 e. The highest BCUT2D eigenvalue weighted by atomic mass is 16.4. The lowest BCUT2D eigenvalue weighted by Gasteiger charge is -2.09. The SMILES string of the molecule is Cc1cccc2c(O)c(-c3cc(-c4ccccc4)nc(N)n3)c(=O)oc12. The van der Waals surface area contributed by atoms with Crippen molar-refractivity contribution >= 4 is 16.9 Å². The molecule has 0 amide bonds. The fourth-order valence-electron chi connectivity index (χ4n) is 2.93. The number of rotatable bonds is 2. The van der Waals surface area contributed by atoms with Gasteiger partial charge in [0.15, 0.2) is 0 Å². The van der Waals surface area contributed by atoms with E-state index in [-0.39, 0.29) is 23.0 Å². The number of hydrogen-bond donors (Lipinski definition) is 2. The molecule has 0 aliphatic heterocycles. The van der Waals surface area contributed by atoms with E-state index < -0.39 is 5.63 Å². The maximum absolute atomic E-state index is 12.5. The van der Waals surface area contributed by atoms with Crippen molar-refractivity contribution in [3.8, 4) is 28.3 Å². The zero-order valence-electron chi connectivity index (χ0n) is 13.9. The van der Waals surface area contributed by atoms with Crippen molar-refractivity contribution in [3.63, 3.8) is 0 Å². The minimum Gasteiger partial charge on any atom is -0.506 e. The number of benzene rings is 2. The molecule has 2 aromatic heterocycles. The lowest BCUT2D eigenvalue weighted by atomic mass is 10.1. The first-order valence-corrected chi connectivity index (χ1v) is 8.00. The first-order chi connectivity index (χ1) is 12.5. The second kappa shape index (κ2) is 6.00. The van der Waals surface area contributed by atoms with Gasteiger partial charge in [0, 0.05) is 5.56 Å². The average molecular weight is 345 g/mol. The zero-order chi connectivity index (χ0) is 18.3. The normalized spacial score (nSPS) is 11.0. The molecule has 2 heterocycles. The number of nitrogens with two attached hydrogens (primary N) is 1. The Bertz CT molecular complexity index is 1180. The summed E-state index contributed by atoms with van der Waals surface area (Å²) in [5.41, 5.74) is 7.82. The van der Waals surface area contributed by atoms with Crippen LogP contribution in [0.1, 0.15) is 5.56 Å². The van der Waals surface area contributed by atoms with Crippen LogP contribution in [0.25, 0.3) is 33.5 Å². The van der Waals surface area contributed by atoms with Gasteiger partial charge in [-0.1, -0.05) is 42.5 Å². The number of fused-ring (bicyclic) bond motifs is 1. The van der Waals surface area contributed by atoms with Gasteiger partial charge in [0.1, 0.15) is 16.9 Å². The number of nitrogen functional groups attached to an aromatic ring is 1. The molecule has 0 saturated carbocycles. The summed E-state index contributed by atoms with van der Waals surface area (Å²) in [6, 6.07) is 16.3. The molecule has 0 aliphatic carbocycles. The van der Waals surface area contributed by atoms with Gasteiger partial charge in [0.2, 0.25) is 5.95 Å². The molecule has 0 unspecified atom stereocenters. The Hall–Kier alpha value is -3.67. The summed E-state index contributed by atoms with van der Waals surface area (Å²) in [4.78, 5) is 20.9. The number of hydrogen-bond acceptors (Lipinski definition) is 6. The van der Waals surface area contributed by atoms with E-state index in [2.05, 4.69) is 9.97 Å². The molecule has 0 aliphatic rings. The first-order valence-electron chi connectivity index (χ1n) is 8.00. The standard InChI is InChI=1S/C20H15N3O3/c1-11-6-5-9-13-17(24)16(19(25)26-18(11)13)15-10-14(22-20(21)23-15)12-7-3-2-4-8-12/h2-10,24H,1H3,(H2,21,22,23). The molecule has 0 spiro atoms. The quantitative estimate of drug-likeness (QED) is 0.539. The second-order valence-corrected chi connectivity index (χ2v) is 5.93. The van der Waals surface area contributed by atoms with Gasteiger partial charge in [-0.3, -0.25) is 0 Å². The van der Waals surface area contributed by atoms with E-state index in [0.717, 1.165) is 11.1 Å². The summed E-state index contributed by atoms with van der Waals surface area (Å²) in [6.45, 7) is 1.81. The minimum absolute atomic E-state index is 0.00416. The molecule has 4 aromatic rings.